The van der Waals surface area contributed by atoms with Gasteiger partial charge in [0.05, 0.1) is 0 Å². The average Bonchev–Trinajstić information content (AvgIpc) is 2.15. The zero-order valence-corrected chi connectivity index (χ0v) is 8.41. The minimum absolute atomic E-state index is 0.0225. The van der Waals surface area contributed by atoms with Gasteiger partial charge in [0.2, 0.25) is 5.88 Å². The highest BCUT2D eigenvalue weighted by Crippen LogP contribution is 2.01. The molecule has 1 heterocycles. The summed E-state index contributed by atoms with van der Waals surface area (Å²) in [4.78, 5) is 30.0. The van der Waals surface area contributed by atoms with E-state index in [0.717, 1.165) is 12.8 Å². The van der Waals surface area contributed by atoms with E-state index >= 15 is 0 Å². The van der Waals surface area contributed by atoms with Gasteiger partial charge in [0, 0.05) is 12.8 Å². The molecule has 1 aromatic heterocycles. The van der Waals surface area contributed by atoms with Crippen LogP contribution in [0.4, 0.5) is 0 Å². The number of H-pyrrole nitrogens is 2. The summed E-state index contributed by atoms with van der Waals surface area (Å²) >= 11 is 0. The number of hydrogen-bond donors (Lipinski definition) is 3. The second-order valence-corrected chi connectivity index (χ2v) is 3.06. The Bertz CT molecular complexity index is 458. The summed E-state index contributed by atoms with van der Waals surface area (Å²) in [6.07, 6.45) is 3.18. The molecule has 0 unspecified atom stereocenters. The number of aromatic nitrogens is 2. The predicted molar refractivity (Wildman–Crippen MR) is 56.7 cm³/mol. The van der Waals surface area contributed by atoms with Gasteiger partial charge in [-0.2, -0.15) is 0 Å². The van der Waals surface area contributed by atoms with Crippen molar-refractivity contribution in [3.05, 3.63) is 26.4 Å². The van der Waals surface area contributed by atoms with Crippen molar-refractivity contribution in [2.75, 3.05) is 6.54 Å². The van der Waals surface area contributed by atoms with Crippen LogP contribution >= 0.6 is 0 Å². The lowest BCUT2D eigenvalue weighted by atomic mass is 10.3. The molecule has 6 nitrogen and oxygen atoms in total. The third kappa shape index (κ3) is 3.08. The first-order valence-electron chi connectivity index (χ1n) is 4.70. The summed E-state index contributed by atoms with van der Waals surface area (Å²) in [5.74, 6) is -0.455. The van der Waals surface area contributed by atoms with Gasteiger partial charge in [-0.05, 0) is 6.42 Å². The Morgan fingerprint density at radius 2 is 2.13 bits per heavy atom. The average molecular weight is 211 g/mol. The van der Waals surface area contributed by atoms with Crippen LogP contribution in [0.3, 0.4) is 0 Å². The Hall–Kier alpha value is -1.85. The summed E-state index contributed by atoms with van der Waals surface area (Å²) in [6, 6.07) is 0. The normalized spacial score (nSPS) is 11.0. The molecule has 15 heavy (non-hydrogen) atoms. The summed E-state index contributed by atoms with van der Waals surface area (Å²) in [5.41, 5.74) is -1.40. The smallest absolute Gasteiger partial charge is 0.328 e. The highest BCUT2D eigenvalue weighted by Gasteiger charge is 2.04. The van der Waals surface area contributed by atoms with Gasteiger partial charge in [-0.15, -0.1) is 0 Å². The fourth-order valence-electron chi connectivity index (χ4n) is 1.01. The maximum absolute atomic E-state index is 11.2. The molecule has 1 aromatic rings. The van der Waals surface area contributed by atoms with Crippen LogP contribution < -0.4 is 11.2 Å². The first kappa shape index (κ1) is 11.2. The van der Waals surface area contributed by atoms with Gasteiger partial charge in [0.1, 0.15) is 5.56 Å². The molecule has 0 aliphatic rings. The zero-order chi connectivity index (χ0) is 11.3. The summed E-state index contributed by atoms with van der Waals surface area (Å²) < 4.78 is 0. The lowest BCUT2D eigenvalue weighted by Gasteiger charge is -1.95. The fourth-order valence-corrected chi connectivity index (χ4v) is 1.01. The Labute approximate surface area is 85.7 Å². The van der Waals surface area contributed by atoms with Gasteiger partial charge in [0.15, 0.2) is 0 Å². The molecule has 0 amide bonds. The van der Waals surface area contributed by atoms with Crippen LogP contribution in [0.1, 0.15) is 25.3 Å². The molecule has 0 aromatic carbocycles. The molecule has 6 heteroatoms. The van der Waals surface area contributed by atoms with E-state index in [1.54, 1.807) is 0 Å². The van der Waals surface area contributed by atoms with Crippen LogP contribution in [0, 0.1) is 0 Å². The maximum atomic E-state index is 11.2. The largest absolute Gasteiger partial charge is 0.494 e. The zero-order valence-electron chi connectivity index (χ0n) is 8.41. The Balaban J connectivity index is 2.90. The van der Waals surface area contributed by atoms with Crippen LogP contribution in [-0.4, -0.2) is 27.8 Å². The number of aromatic hydroxyl groups is 1. The van der Waals surface area contributed by atoms with Gasteiger partial charge in [0.25, 0.3) is 5.56 Å². The van der Waals surface area contributed by atoms with Crippen molar-refractivity contribution in [3.8, 4) is 5.88 Å². The number of unbranched alkanes of at least 4 members (excludes halogenated alkanes) is 1. The van der Waals surface area contributed by atoms with Crippen molar-refractivity contribution in [2.45, 2.75) is 19.8 Å². The standard InChI is InChI=1S/C9H13N3O3/c1-2-3-4-10-5-6-7(13)11-9(15)12-8(6)14/h5H,2-4H2,1H3,(H3,11,12,13,14,15). The van der Waals surface area contributed by atoms with Crippen LogP contribution in [-0.2, 0) is 0 Å². The minimum atomic E-state index is -0.733. The van der Waals surface area contributed by atoms with Crippen LogP contribution in [0.15, 0.2) is 14.6 Å². The molecular formula is C9H13N3O3. The molecule has 0 saturated heterocycles. The van der Waals surface area contributed by atoms with Gasteiger partial charge in [-0.1, -0.05) is 13.3 Å². The lowest BCUT2D eigenvalue weighted by Crippen LogP contribution is -2.24. The van der Waals surface area contributed by atoms with Crippen molar-refractivity contribution < 1.29 is 5.11 Å². The molecule has 0 aliphatic carbocycles. The molecule has 0 bridgehead atoms. The fraction of sp³-hybridized carbons (Fsp3) is 0.444. The van der Waals surface area contributed by atoms with E-state index in [-0.39, 0.29) is 5.56 Å². The molecule has 0 atom stereocenters. The molecule has 3 N–H and O–H groups in total. The third-order valence-electron chi connectivity index (χ3n) is 1.82. The molecule has 0 radical (unpaired) electrons. The van der Waals surface area contributed by atoms with Crippen LogP contribution in [0.5, 0.6) is 5.88 Å². The minimum Gasteiger partial charge on any atom is -0.494 e. The van der Waals surface area contributed by atoms with E-state index in [4.69, 9.17) is 0 Å². The van der Waals surface area contributed by atoms with Gasteiger partial charge in [-0.25, -0.2) is 4.79 Å². The van der Waals surface area contributed by atoms with Gasteiger partial charge in [-0.3, -0.25) is 19.8 Å². The van der Waals surface area contributed by atoms with Crippen molar-refractivity contribution in [2.24, 2.45) is 4.99 Å². The molecule has 0 aliphatic heterocycles. The van der Waals surface area contributed by atoms with E-state index in [2.05, 4.69) is 9.98 Å². The summed E-state index contributed by atoms with van der Waals surface area (Å²) in [7, 11) is 0. The summed E-state index contributed by atoms with van der Waals surface area (Å²) in [5, 5.41) is 9.26. The Kier molecular flexibility index (Phi) is 3.84. The number of rotatable bonds is 4. The molecule has 0 saturated carbocycles. The van der Waals surface area contributed by atoms with E-state index in [0.29, 0.717) is 6.54 Å². The predicted octanol–water partition coefficient (Wildman–Crippen LogP) is -0.0122. The quantitative estimate of drug-likeness (QED) is 0.482. The van der Waals surface area contributed by atoms with Crippen LogP contribution in [0.25, 0.3) is 0 Å². The monoisotopic (exact) mass is 211 g/mol. The van der Waals surface area contributed by atoms with E-state index in [1.807, 2.05) is 11.9 Å². The lowest BCUT2D eigenvalue weighted by molar-refractivity contribution is 0.447. The number of aliphatic imine (C=N–C) groups is 1. The van der Waals surface area contributed by atoms with E-state index < -0.39 is 17.1 Å². The third-order valence-corrected chi connectivity index (χ3v) is 1.82. The number of nitrogens with one attached hydrogen (secondary N) is 2. The Morgan fingerprint density at radius 3 is 2.73 bits per heavy atom. The first-order valence-corrected chi connectivity index (χ1v) is 4.70. The number of aromatic amines is 2. The summed E-state index contributed by atoms with van der Waals surface area (Å²) in [6.45, 7) is 2.62. The maximum Gasteiger partial charge on any atom is 0.328 e. The van der Waals surface area contributed by atoms with Gasteiger partial charge < -0.3 is 5.11 Å². The van der Waals surface area contributed by atoms with E-state index in [1.165, 1.54) is 6.21 Å². The van der Waals surface area contributed by atoms with Gasteiger partial charge >= 0.3 is 5.69 Å². The van der Waals surface area contributed by atoms with Crippen molar-refractivity contribution in [3.63, 3.8) is 0 Å². The van der Waals surface area contributed by atoms with Crippen molar-refractivity contribution in [1.82, 2.24) is 9.97 Å². The molecule has 0 fully saturated rings. The van der Waals surface area contributed by atoms with E-state index in [9.17, 15) is 14.7 Å². The number of hydrogen-bond acceptors (Lipinski definition) is 4. The Morgan fingerprint density at radius 1 is 1.40 bits per heavy atom. The second kappa shape index (κ2) is 5.14. The highest BCUT2D eigenvalue weighted by molar-refractivity contribution is 5.81. The topological polar surface area (TPSA) is 98.3 Å². The van der Waals surface area contributed by atoms with Crippen molar-refractivity contribution in [1.29, 1.82) is 0 Å². The molecule has 0 spiro atoms. The first-order chi connectivity index (χ1) is 7.15. The SMILES string of the molecule is CCCCN=Cc1c(O)[nH]c(=O)[nH]c1=O. The molecule has 1 rings (SSSR count). The number of nitrogens with zero attached hydrogens (tertiary/aromatic N) is 1. The van der Waals surface area contributed by atoms with Crippen molar-refractivity contribution >= 4 is 6.21 Å². The van der Waals surface area contributed by atoms with Crippen LogP contribution in [0.2, 0.25) is 0 Å². The highest BCUT2D eigenvalue weighted by atomic mass is 16.3. The molecule has 82 valence electrons. The second-order valence-electron chi connectivity index (χ2n) is 3.06. The molecular weight excluding hydrogens is 198 g/mol.